The minimum Gasteiger partial charge on any atom is -0.548 e. The average Bonchev–Trinajstić information content (AvgIpc) is 2.76. The summed E-state index contributed by atoms with van der Waals surface area (Å²) in [5, 5.41) is 11.6. The normalized spacial score (nSPS) is 12.1. The Balaban J connectivity index is 0. The van der Waals surface area contributed by atoms with Crippen LogP contribution >= 0.6 is 0 Å². The monoisotopic (exact) mass is 461 g/mol. The first-order valence-electron chi connectivity index (χ1n) is 14.1. The molecule has 1 atom stereocenters. The molecule has 0 aromatic carbocycles. The van der Waals surface area contributed by atoms with Crippen molar-refractivity contribution in [2.24, 2.45) is 0 Å². The second kappa shape index (κ2) is 27.7. The first-order chi connectivity index (χ1) is 15.2. The van der Waals surface area contributed by atoms with E-state index in [2.05, 4.69) is 18.7 Å². The van der Waals surface area contributed by atoms with Crippen molar-refractivity contribution in [3.8, 4) is 0 Å². The van der Waals surface area contributed by atoms with Gasteiger partial charge in [0.25, 0.3) is 0 Å². The molecule has 0 aliphatic rings. The van der Waals surface area contributed by atoms with Crippen molar-refractivity contribution in [3.05, 3.63) is 0 Å². The zero-order valence-electron chi connectivity index (χ0n) is 22.6. The van der Waals surface area contributed by atoms with Crippen LogP contribution in [-0.2, 0) is 4.79 Å². The molecule has 0 bridgehead atoms. The number of hydrogen-bond acceptors (Lipinski definition) is 3. The second-order valence-corrected chi connectivity index (χ2v) is 9.64. The minimum absolute atomic E-state index is 0. The Kier molecular flexibility index (Phi) is 29.9. The zero-order valence-corrected chi connectivity index (χ0v) is 24.6. The maximum Gasteiger partial charge on any atom is 1.00 e. The van der Waals surface area contributed by atoms with Crippen molar-refractivity contribution in [1.29, 1.82) is 0 Å². The summed E-state index contributed by atoms with van der Waals surface area (Å²) < 4.78 is 0. The molecule has 0 aromatic rings. The third-order valence-corrected chi connectivity index (χ3v) is 6.70. The van der Waals surface area contributed by atoms with Crippen molar-refractivity contribution in [2.45, 2.75) is 162 Å². The molecule has 0 spiro atoms. The van der Waals surface area contributed by atoms with Gasteiger partial charge in [-0.25, -0.2) is 0 Å². The van der Waals surface area contributed by atoms with Crippen LogP contribution in [0.1, 0.15) is 156 Å². The van der Waals surface area contributed by atoms with E-state index in [-0.39, 0.29) is 29.6 Å². The van der Waals surface area contributed by atoms with Crippen molar-refractivity contribution in [3.63, 3.8) is 0 Å². The molecule has 0 N–H and O–H groups in total. The van der Waals surface area contributed by atoms with Gasteiger partial charge in [-0.1, -0.05) is 136 Å². The van der Waals surface area contributed by atoms with Crippen LogP contribution in [0.3, 0.4) is 0 Å². The molecule has 3 nitrogen and oxygen atoms in total. The third kappa shape index (κ3) is 22.2. The van der Waals surface area contributed by atoms with E-state index in [0.29, 0.717) is 6.42 Å². The third-order valence-electron chi connectivity index (χ3n) is 6.70. The number of rotatable bonds is 25. The number of carboxylic acid groups (broad SMARTS) is 1. The molecule has 0 saturated heterocycles. The predicted octanol–water partition coefficient (Wildman–Crippen LogP) is 4.66. The van der Waals surface area contributed by atoms with E-state index in [0.717, 1.165) is 25.9 Å². The fourth-order valence-corrected chi connectivity index (χ4v) is 4.60. The van der Waals surface area contributed by atoms with E-state index in [1.165, 1.54) is 116 Å². The molecule has 0 aromatic heterocycles. The van der Waals surface area contributed by atoms with E-state index in [1.54, 1.807) is 0 Å². The topological polar surface area (TPSA) is 43.4 Å². The molecule has 0 fully saturated rings. The molecular formula is C28H56NNaO2. The van der Waals surface area contributed by atoms with Crippen LogP contribution in [0.5, 0.6) is 0 Å². The maximum absolute atomic E-state index is 11.6. The molecule has 1 unspecified atom stereocenters. The first kappa shape index (κ1) is 34.6. The van der Waals surface area contributed by atoms with Crippen molar-refractivity contribution >= 4 is 5.97 Å². The summed E-state index contributed by atoms with van der Waals surface area (Å²) in [6, 6.07) is -0.405. The standard InChI is InChI=1S/C28H57NO2.Na/c1-4-7-9-11-13-15-17-19-21-23-25-29(27(6-3)28(30)31)26-24-22-20-18-16-14-12-10-8-5-2;/h27H,4-26H2,1-3H3,(H,30,31);/q;+1/p-1. The Hall–Kier alpha value is 0.430. The molecule has 0 heterocycles. The molecule has 0 radical (unpaired) electrons. The number of carbonyl (C=O) groups excluding carboxylic acids is 1. The van der Waals surface area contributed by atoms with Gasteiger partial charge in [-0.2, -0.15) is 0 Å². The van der Waals surface area contributed by atoms with E-state index < -0.39 is 12.0 Å². The van der Waals surface area contributed by atoms with Gasteiger partial charge in [0.05, 0.1) is 5.97 Å². The van der Waals surface area contributed by atoms with Crippen LogP contribution in [0.25, 0.3) is 0 Å². The second-order valence-electron chi connectivity index (χ2n) is 9.64. The van der Waals surface area contributed by atoms with Gasteiger partial charge >= 0.3 is 29.6 Å². The van der Waals surface area contributed by atoms with Gasteiger partial charge in [-0.05, 0) is 32.4 Å². The Morgan fingerprint density at radius 3 is 1.09 bits per heavy atom. The summed E-state index contributed by atoms with van der Waals surface area (Å²) in [6.07, 6.45) is 27.1. The van der Waals surface area contributed by atoms with Crippen LogP contribution in [0, 0.1) is 0 Å². The van der Waals surface area contributed by atoms with Gasteiger partial charge < -0.3 is 9.90 Å². The van der Waals surface area contributed by atoms with E-state index in [9.17, 15) is 9.90 Å². The summed E-state index contributed by atoms with van der Waals surface area (Å²) in [5.41, 5.74) is 0. The largest absolute Gasteiger partial charge is 1.00 e. The first-order valence-corrected chi connectivity index (χ1v) is 14.1. The number of aliphatic carboxylic acids is 1. The fourth-order valence-electron chi connectivity index (χ4n) is 4.60. The van der Waals surface area contributed by atoms with E-state index in [1.807, 2.05) is 6.92 Å². The summed E-state index contributed by atoms with van der Waals surface area (Å²) in [4.78, 5) is 13.8. The van der Waals surface area contributed by atoms with Crippen LogP contribution in [0.2, 0.25) is 0 Å². The van der Waals surface area contributed by atoms with Gasteiger partial charge in [-0.15, -0.1) is 0 Å². The molecule has 0 amide bonds. The molecule has 4 heteroatoms. The molecule has 186 valence electrons. The number of carbonyl (C=O) groups is 1. The Morgan fingerprint density at radius 1 is 0.562 bits per heavy atom. The van der Waals surface area contributed by atoms with E-state index in [4.69, 9.17) is 0 Å². The molecule has 0 rings (SSSR count). The Bertz CT molecular complexity index is 354. The van der Waals surface area contributed by atoms with Gasteiger partial charge in [0.1, 0.15) is 0 Å². The van der Waals surface area contributed by atoms with Crippen molar-refractivity contribution in [2.75, 3.05) is 13.1 Å². The van der Waals surface area contributed by atoms with Crippen molar-refractivity contribution < 1.29 is 39.5 Å². The zero-order chi connectivity index (χ0) is 23.0. The smallest absolute Gasteiger partial charge is 0.548 e. The number of carboxylic acids is 1. The predicted molar refractivity (Wildman–Crippen MR) is 134 cm³/mol. The fraction of sp³-hybridized carbons (Fsp3) is 0.964. The Labute approximate surface area is 224 Å². The number of unbranched alkanes of at least 4 members (excludes halogenated alkanes) is 18. The summed E-state index contributed by atoms with van der Waals surface area (Å²) >= 11 is 0. The molecule has 0 aliphatic heterocycles. The van der Waals surface area contributed by atoms with Gasteiger partial charge in [-0.3, -0.25) is 4.90 Å². The molecule has 0 saturated carbocycles. The summed E-state index contributed by atoms with van der Waals surface area (Å²) in [7, 11) is 0. The van der Waals surface area contributed by atoms with Crippen LogP contribution in [-0.4, -0.2) is 30.0 Å². The van der Waals surface area contributed by atoms with Crippen LogP contribution < -0.4 is 34.7 Å². The Morgan fingerprint density at radius 2 is 0.844 bits per heavy atom. The van der Waals surface area contributed by atoms with Gasteiger partial charge in [0.15, 0.2) is 0 Å². The van der Waals surface area contributed by atoms with Crippen LogP contribution in [0.15, 0.2) is 0 Å². The quantitative estimate of drug-likeness (QED) is 0.147. The minimum atomic E-state index is -0.887. The molecular weight excluding hydrogens is 405 g/mol. The SMILES string of the molecule is CCCCCCCCCCCCN(CCCCCCCCCCCC)C(CC)C(=O)[O-].[Na+]. The van der Waals surface area contributed by atoms with Crippen LogP contribution in [0.4, 0.5) is 0 Å². The summed E-state index contributed by atoms with van der Waals surface area (Å²) in [6.45, 7) is 8.35. The molecule has 0 aliphatic carbocycles. The molecule has 32 heavy (non-hydrogen) atoms. The van der Waals surface area contributed by atoms with Crippen molar-refractivity contribution in [1.82, 2.24) is 4.90 Å². The number of nitrogens with zero attached hydrogens (tertiary/aromatic N) is 1. The number of hydrogen-bond donors (Lipinski definition) is 0. The van der Waals surface area contributed by atoms with Gasteiger partial charge in [0.2, 0.25) is 0 Å². The summed E-state index contributed by atoms with van der Waals surface area (Å²) in [5.74, 6) is -0.887. The average molecular weight is 462 g/mol. The van der Waals surface area contributed by atoms with Gasteiger partial charge in [0, 0.05) is 6.04 Å². The maximum atomic E-state index is 11.6. The van der Waals surface area contributed by atoms with E-state index >= 15 is 0 Å².